The van der Waals surface area contributed by atoms with Crippen LogP contribution in [0, 0.1) is 0 Å². The first kappa shape index (κ1) is 18.0. The Kier molecular flexibility index (Phi) is 4.93. The number of hydrogen-bond acceptors (Lipinski definition) is 4. The predicted molar refractivity (Wildman–Crippen MR) is 105 cm³/mol. The van der Waals surface area contributed by atoms with Crippen LogP contribution in [0.25, 0.3) is 11.1 Å². The van der Waals surface area contributed by atoms with E-state index in [4.69, 9.17) is 4.74 Å². The van der Waals surface area contributed by atoms with E-state index in [0.717, 1.165) is 28.1 Å². The summed E-state index contributed by atoms with van der Waals surface area (Å²) in [6.07, 6.45) is 2.81. The van der Waals surface area contributed by atoms with Crippen LogP contribution in [-0.2, 0) is 23.2 Å². The molecule has 0 bridgehead atoms. The van der Waals surface area contributed by atoms with Crippen LogP contribution >= 0.6 is 0 Å². The molecule has 1 aromatic heterocycles. The molecule has 2 amide bonds. The van der Waals surface area contributed by atoms with Crippen molar-refractivity contribution in [1.82, 2.24) is 15.1 Å². The highest BCUT2D eigenvalue weighted by atomic mass is 16.5. The highest BCUT2D eigenvalue weighted by molar-refractivity contribution is 6.01. The zero-order chi connectivity index (χ0) is 19.5. The number of aromatic nitrogens is 2. The Morgan fingerprint density at radius 2 is 1.93 bits per heavy atom. The Labute approximate surface area is 163 Å². The van der Waals surface area contributed by atoms with Crippen molar-refractivity contribution in [3.05, 3.63) is 72.1 Å². The van der Waals surface area contributed by atoms with Gasteiger partial charge in [-0.15, -0.1) is 0 Å². The number of carbonyl (C=O) groups is 2. The zero-order valence-electron chi connectivity index (χ0n) is 15.6. The molecule has 6 nitrogen and oxygen atoms in total. The average Bonchev–Trinajstić information content (AvgIpc) is 3.12. The predicted octanol–water partition coefficient (Wildman–Crippen LogP) is 3.19. The van der Waals surface area contributed by atoms with E-state index in [1.165, 1.54) is 0 Å². The molecule has 1 N–H and O–H groups in total. The molecular formula is C22H21N3O3. The molecule has 28 heavy (non-hydrogen) atoms. The van der Waals surface area contributed by atoms with Crippen molar-refractivity contribution in [2.24, 2.45) is 7.05 Å². The largest absolute Gasteiger partial charge is 0.487 e. The van der Waals surface area contributed by atoms with Gasteiger partial charge in [-0.3, -0.25) is 19.6 Å². The van der Waals surface area contributed by atoms with Gasteiger partial charge in [0.1, 0.15) is 12.4 Å². The summed E-state index contributed by atoms with van der Waals surface area (Å²) in [7, 11) is 1.88. The number of amides is 2. The third-order valence-electron chi connectivity index (χ3n) is 4.87. The van der Waals surface area contributed by atoms with Crippen molar-refractivity contribution < 1.29 is 14.3 Å². The van der Waals surface area contributed by atoms with Gasteiger partial charge in [0.15, 0.2) is 0 Å². The quantitative estimate of drug-likeness (QED) is 0.695. The summed E-state index contributed by atoms with van der Waals surface area (Å²) in [5.41, 5.74) is 3.87. The van der Waals surface area contributed by atoms with Crippen molar-refractivity contribution in [2.75, 3.05) is 0 Å². The molecule has 142 valence electrons. The number of nitrogens with one attached hydrogen (secondary N) is 1. The van der Waals surface area contributed by atoms with Gasteiger partial charge in [-0.25, -0.2) is 0 Å². The van der Waals surface area contributed by atoms with Crippen molar-refractivity contribution in [3.63, 3.8) is 0 Å². The average molecular weight is 375 g/mol. The van der Waals surface area contributed by atoms with Crippen LogP contribution in [0.1, 0.15) is 30.0 Å². The molecule has 6 heteroatoms. The molecule has 1 aliphatic heterocycles. The third kappa shape index (κ3) is 3.96. The highest BCUT2D eigenvalue weighted by Crippen LogP contribution is 2.29. The highest BCUT2D eigenvalue weighted by Gasteiger charge is 2.27. The van der Waals surface area contributed by atoms with Crippen LogP contribution in [0.15, 0.2) is 60.8 Å². The second kappa shape index (κ2) is 7.68. The first-order chi connectivity index (χ1) is 13.6. The fourth-order valence-corrected chi connectivity index (χ4v) is 3.39. The Morgan fingerprint density at radius 3 is 2.64 bits per heavy atom. The topological polar surface area (TPSA) is 73.2 Å². The molecule has 2 aromatic carbocycles. The minimum Gasteiger partial charge on any atom is -0.487 e. The van der Waals surface area contributed by atoms with Gasteiger partial charge in [0.25, 0.3) is 0 Å². The van der Waals surface area contributed by atoms with E-state index in [1.54, 1.807) is 4.68 Å². The summed E-state index contributed by atoms with van der Waals surface area (Å²) in [4.78, 5) is 23.5. The van der Waals surface area contributed by atoms with Crippen LogP contribution in [0.2, 0.25) is 0 Å². The monoisotopic (exact) mass is 375 g/mol. The second-order valence-electron chi connectivity index (χ2n) is 6.92. The number of benzene rings is 2. The van der Waals surface area contributed by atoms with Gasteiger partial charge in [0.05, 0.1) is 11.6 Å². The molecule has 1 saturated heterocycles. The summed E-state index contributed by atoms with van der Waals surface area (Å²) >= 11 is 0. The Bertz CT molecular complexity index is 1010. The van der Waals surface area contributed by atoms with Crippen LogP contribution in [0.5, 0.6) is 5.75 Å². The minimum absolute atomic E-state index is 0.196. The number of ether oxygens (including phenoxy) is 1. The lowest BCUT2D eigenvalue weighted by molar-refractivity contribution is -0.134. The van der Waals surface area contributed by atoms with Gasteiger partial charge in [0.2, 0.25) is 11.8 Å². The normalized spacial score (nSPS) is 16.7. The Balaban J connectivity index is 1.47. The smallest absolute Gasteiger partial charge is 0.234 e. The number of rotatable bonds is 5. The third-order valence-corrected chi connectivity index (χ3v) is 4.87. The maximum atomic E-state index is 12.1. The molecule has 1 aliphatic rings. The molecule has 0 saturated carbocycles. The van der Waals surface area contributed by atoms with Gasteiger partial charge in [-0.1, -0.05) is 36.4 Å². The van der Waals surface area contributed by atoms with Crippen molar-refractivity contribution in [2.45, 2.75) is 25.4 Å². The van der Waals surface area contributed by atoms with Crippen LogP contribution in [0.3, 0.4) is 0 Å². The molecule has 4 rings (SSSR count). The van der Waals surface area contributed by atoms with E-state index in [-0.39, 0.29) is 17.7 Å². The van der Waals surface area contributed by atoms with E-state index in [0.29, 0.717) is 19.4 Å². The zero-order valence-corrected chi connectivity index (χ0v) is 15.6. The van der Waals surface area contributed by atoms with Gasteiger partial charge in [-0.2, -0.15) is 5.10 Å². The Hall–Kier alpha value is -3.41. The number of hydrogen-bond donors (Lipinski definition) is 1. The fourth-order valence-electron chi connectivity index (χ4n) is 3.39. The van der Waals surface area contributed by atoms with Crippen LogP contribution in [0.4, 0.5) is 0 Å². The van der Waals surface area contributed by atoms with E-state index < -0.39 is 0 Å². The van der Waals surface area contributed by atoms with Gasteiger partial charge >= 0.3 is 0 Å². The molecular weight excluding hydrogens is 354 g/mol. The van der Waals surface area contributed by atoms with Gasteiger partial charge in [-0.05, 0) is 41.3 Å². The number of aryl methyl sites for hydroxylation is 1. The van der Waals surface area contributed by atoms with Crippen molar-refractivity contribution >= 4 is 11.8 Å². The fraction of sp³-hybridized carbons (Fsp3) is 0.227. The molecule has 0 aliphatic carbocycles. The first-order valence-electron chi connectivity index (χ1n) is 9.24. The minimum atomic E-state index is -0.279. The lowest BCUT2D eigenvalue weighted by Crippen LogP contribution is -2.39. The molecule has 0 radical (unpaired) electrons. The van der Waals surface area contributed by atoms with Gasteiger partial charge < -0.3 is 4.74 Å². The standard InChI is InChI=1S/C22H21N3O3/c1-25-12-11-18(24-25)14-28-19-7-5-15(6-8-19)16-3-2-4-17(13-16)20-9-10-21(26)23-22(20)27/h2-8,11-13,20H,9-10,14H2,1H3,(H,23,26,27)/t20-/m0/s1. The molecule has 1 atom stereocenters. The maximum Gasteiger partial charge on any atom is 0.234 e. The van der Waals surface area contributed by atoms with E-state index in [9.17, 15) is 9.59 Å². The van der Waals surface area contributed by atoms with E-state index in [1.807, 2.05) is 67.8 Å². The summed E-state index contributed by atoms with van der Waals surface area (Å²) in [6, 6.07) is 17.7. The first-order valence-corrected chi connectivity index (χ1v) is 9.24. The lowest BCUT2D eigenvalue weighted by atomic mass is 9.89. The summed E-state index contributed by atoms with van der Waals surface area (Å²) < 4.78 is 7.53. The molecule has 2 heterocycles. The van der Waals surface area contributed by atoms with E-state index >= 15 is 0 Å². The van der Waals surface area contributed by atoms with Gasteiger partial charge in [0, 0.05) is 19.7 Å². The molecule has 1 fully saturated rings. The summed E-state index contributed by atoms with van der Waals surface area (Å²) in [6.45, 7) is 0.422. The van der Waals surface area contributed by atoms with Crippen LogP contribution < -0.4 is 10.1 Å². The number of piperidine rings is 1. The molecule has 0 spiro atoms. The summed E-state index contributed by atoms with van der Waals surface area (Å²) in [5, 5.41) is 6.72. The number of carbonyl (C=O) groups excluding carboxylic acids is 2. The van der Waals surface area contributed by atoms with Crippen molar-refractivity contribution in [3.8, 4) is 16.9 Å². The van der Waals surface area contributed by atoms with Crippen LogP contribution in [-0.4, -0.2) is 21.6 Å². The SMILES string of the molecule is Cn1ccc(COc2ccc(-c3cccc([C@@H]4CCC(=O)NC4=O)c3)cc2)n1. The summed E-state index contributed by atoms with van der Waals surface area (Å²) in [5.74, 6) is 0.0831. The van der Waals surface area contributed by atoms with E-state index in [2.05, 4.69) is 10.4 Å². The lowest BCUT2D eigenvalue weighted by Gasteiger charge is -2.21. The Morgan fingerprint density at radius 1 is 1.11 bits per heavy atom. The molecule has 0 unspecified atom stereocenters. The second-order valence-corrected chi connectivity index (χ2v) is 6.92. The maximum absolute atomic E-state index is 12.1. The number of nitrogens with zero attached hydrogens (tertiary/aromatic N) is 2. The molecule has 3 aromatic rings. The number of imide groups is 1. The van der Waals surface area contributed by atoms with Crippen molar-refractivity contribution in [1.29, 1.82) is 0 Å².